The molecule has 4 aliphatic rings. The van der Waals surface area contributed by atoms with E-state index in [1.165, 1.54) is 30.3 Å². The third kappa shape index (κ3) is 4.60. The number of amides is 4. The van der Waals surface area contributed by atoms with Crippen molar-refractivity contribution >= 4 is 74.1 Å². The van der Waals surface area contributed by atoms with E-state index in [1.807, 2.05) is 30.3 Å². The Morgan fingerprint density at radius 1 is 0.958 bits per heavy atom. The predicted molar refractivity (Wildman–Crippen MR) is 178 cm³/mol. The van der Waals surface area contributed by atoms with Gasteiger partial charge in [-0.3, -0.25) is 39.1 Å². The molecule has 0 aromatic heterocycles. The number of allylic oxidation sites excluding steroid dienone is 2. The number of imide groups is 2. The van der Waals surface area contributed by atoms with Gasteiger partial charge in [0.1, 0.15) is 18.1 Å². The number of likely N-dealkylation sites (tertiary alicyclic amines) is 1. The van der Waals surface area contributed by atoms with Gasteiger partial charge in [0.2, 0.25) is 11.8 Å². The Bertz CT molecular complexity index is 1920. The number of non-ortho nitro benzene ring substituents is 1. The number of hydrogen-bond acceptors (Lipinski definition) is 8. The zero-order valence-electron chi connectivity index (χ0n) is 24.9. The van der Waals surface area contributed by atoms with E-state index < -0.39 is 62.0 Å². The number of nitrogens with zero attached hydrogens (tertiary/aromatic N) is 3. The van der Waals surface area contributed by atoms with Crippen LogP contribution >= 0.6 is 39.1 Å². The SMILES string of the molecule is O=C1C2CC=C3C(CC4(Cl)C(=O)N(CBr)C(=O)C4(Cl)C3c3ccc(OCc4ccccc4)cc3O)C2C(=O)N1c1ccc([N+](=O)[O-])cc1. The topological polar surface area (TPSA) is 147 Å². The fraction of sp³-hybridized carbons (Fsp3) is 0.294. The molecule has 0 bridgehead atoms. The largest absolute Gasteiger partial charge is 0.508 e. The minimum Gasteiger partial charge on any atom is -0.508 e. The van der Waals surface area contributed by atoms with Gasteiger partial charge in [-0.2, -0.15) is 0 Å². The van der Waals surface area contributed by atoms with Crippen molar-refractivity contribution in [3.63, 3.8) is 0 Å². The van der Waals surface area contributed by atoms with Crippen molar-refractivity contribution in [3.05, 3.63) is 106 Å². The van der Waals surface area contributed by atoms with Crippen LogP contribution in [0.1, 0.15) is 29.9 Å². The standard InChI is InChI=1S/C34H26BrCl2N3O8/c35-17-38-31(44)33(36)15-25-22(12-13-24-27(25)30(43)39(29(24)42)19-6-8-20(9-7-19)40(46)47)28(34(33,37)32(38)45)23-11-10-21(14-26(23)41)48-16-18-4-2-1-3-5-18/h1-12,14,24-25,27-28,41H,13,15-17H2. The minimum absolute atomic E-state index is 0.118. The monoisotopic (exact) mass is 753 g/mol. The first-order valence-corrected chi connectivity index (χ1v) is 16.9. The van der Waals surface area contributed by atoms with E-state index in [0.717, 1.165) is 15.4 Å². The number of rotatable bonds is 7. The summed E-state index contributed by atoms with van der Waals surface area (Å²) < 4.78 is 5.89. The second kappa shape index (κ2) is 11.7. The number of carbonyl (C=O) groups excluding carboxylic acids is 4. The molecule has 2 heterocycles. The molecule has 11 nitrogen and oxygen atoms in total. The Morgan fingerprint density at radius 3 is 2.31 bits per heavy atom. The summed E-state index contributed by atoms with van der Waals surface area (Å²) in [6.07, 6.45) is 1.66. The molecule has 4 amide bonds. The van der Waals surface area contributed by atoms with Crippen molar-refractivity contribution in [2.24, 2.45) is 17.8 Å². The Labute approximate surface area is 292 Å². The van der Waals surface area contributed by atoms with E-state index in [2.05, 4.69) is 15.9 Å². The molecule has 3 fully saturated rings. The van der Waals surface area contributed by atoms with Crippen LogP contribution in [0.25, 0.3) is 0 Å². The molecule has 3 aromatic rings. The summed E-state index contributed by atoms with van der Waals surface area (Å²) >= 11 is 17.7. The van der Waals surface area contributed by atoms with Crippen LogP contribution in [0.15, 0.2) is 84.4 Å². The molecule has 2 aliphatic carbocycles. The summed E-state index contributed by atoms with van der Waals surface area (Å²) in [5, 5.41) is 22.6. The Hall–Kier alpha value is -4.26. The van der Waals surface area contributed by atoms with Gasteiger partial charge >= 0.3 is 0 Å². The average Bonchev–Trinajstić information content (AvgIpc) is 3.42. The van der Waals surface area contributed by atoms with Gasteiger partial charge in [-0.15, -0.1) is 23.2 Å². The lowest BCUT2D eigenvalue weighted by Gasteiger charge is -2.50. The first-order valence-electron chi connectivity index (χ1n) is 15.0. The number of halogens is 3. The maximum Gasteiger partial charge on any atom is 0.269 e. The number of fused-ring (bicyclic) bond motifs is 4. The second-order valence-electron chi connectivity index (χ2n) is 12.3. The normalized spacial score (nSPS) is 29.4. The second-order valence-corrected chi connectivity index (χ2v) is 14.0. The van der Waals surface area contributed by atoms with Gasteiger partial charge in [0.15, 0.2) is 9.75 Å². The summed E-state index contributed by atoms with van der Waals surface area (Å²) in [6, 6.07) is 19.1. The zero-order chi connectivity index (χ0) is 34.1. The summed E-state index contributed by atoms with van der Waals surface area (Å²) in [6.45, 7) is 0.234. The van der Waals surface area contributed by atoms with E-state index >= 15 is 0 Å². The number of aromatic hydroxyl groups is 1. The Kier molecular flexibility index (Phi) is 7.88. The van der Waals surface area contributed by atoms with Crippen LogP contribution in [0.3, 0.4) is 0 Å². The lowest BCUT2D eigenvalue weighted by atomic mass is 9.56. The maximum atomic E-state index is 14.1. The quantitative estimate of drug-likeness (QED) is 0.0796. The molecule has 2 aliphatic heterocycles. The Morgan fingerprint density at radius 2 is 1.67 bits per heavy atom. The van der Waals surface area contributed by atoms with Crippen LogP contribution in [-0.4, -0.2) is 53.8 Å². The molecule has 0 radical (unpaired) electrons. The molecular weight excluding hydrogens is 729 g/mol. The predicted octanol–water partition coefficient (Wildman–Crippen LogP) is 5.80. The average molecular weight is 755 g/mol. The molecular formula is C34H26BrCl2N3O8. The molecule has 2 saturated heterocycles. The molecule has 246 valence electrons. The number of hydrogen-bond donors (Lipinski definition) is 1. The number of carbonyl (C=O) groups is 4. The van der Waals surface area contributed by atoms with Crippen molar-refractivity contribution in [1.29, 1.82) is 0 Å². The fourth-order valence-corrected chi connectivity index (χ4v) is 9.09. The molecule has 1 saturated carbocycles. The van der Waals surface area contributed by atoms with E-state index in [1.54, 1.807) is 18.2 Å². The molecule has 6 unspecified atom stereocenters. The Balaban J connectivity index is 1.30. The van der Waals surface area contributed by atoms with Gasteiger partial charge in [0.25, 0.3) is 17.5 Å². The summed E-state index contributed by atoms with van der Waals surface area (Å²) in [5.41, 5.74) is 1.42. The number of phenolic OH excluding ortho intramolecular Hbond substituents is 1. The number of ether oxygens (including phenoxy) is 1. The van der Waals surface area contributed by atoms with Gasteiger partial charge in [0.05, 0.1) is 27.9 Å². The van der Waals surface area contributed by atoms with Gasteiger partial charge in [-0.1, -0.05) is 64.0 Å². The third-order valence-electron chi connectivity index (χ3n) is 9.89. The number of nitro benzene ring substituents is 1. The van der Waals surface area contributed by atoms with Gasteiger partial charge in [-0.05, 0) is 42.5 Å². The van der Waals surface area contributed by atoms with E-state index in [0.29, 0.717) is 11.3 Å². The zero-order valence-corrected chi connectivity index (χ0v) is 28.0. The highest BCUT2D eigenvalue weighted by Gasteiger charge is 2.76. The highest BCUT2D eigenvalue weighted by atomic mass is 79.9. The van der Waals surface area contributed by atoms with Gasteiger partial charge in [0, 0.05) is 29.7 Å². The van der Waals surface area contributed by atoms with Crippen LogP contribution in [0, 0.1) is 27.9 Å². The lowest BCUT2D eigenvalue weighted by Crippen LogP contribution is -2.60. The van der Waals surface area contributed by atoms with Crippen LogP contribution in [0.2, 0.25) is 0 Å². The first-order chi connectivity index (χ1) is 22.9. The molecule has 14 heteroatoms. The molecule has 1 N–H and O–H groups in total. The van der Waals surface area contributed by atoms with Crippen LogP contribution in [-0.2, 0) is 25.8 Å². The summed E-state index contributed by atoms with van der Waals surface area (Å²) in [7, 11) is 0. The van der Waals surface area contributed by atoms with E-state index in [4.69, 9.17) is 27.9 Å². The summed E-state index contributed by atoms with van der Waals surface area (Å²) in [4.78, 5) is 64.2. The summed E-state index contributed by atoms with van der Waals surface area (Å²) in [5.74, 6) is -6.21. The third-order valence-corrected chi connectivity index (χ3v) is 11.8. The molecule has 7 rings (SSSR count). The number of benzene rings is 3. The molecule has 0 spiro atoms. The van der Waals surface area contributed by atoms with Gasteiger partial charge < -0.3 is 9.84 Å². The van der Waals surface area contributed by atoms with Gasteiger partial charge in [-0.25, -0.2) is 0 Å². The highest BCUT2D eigenvalue weighted by molar-refractivity contribution is 9.09. The van der Waals surface area contributed by atoms with E-state index in [-0.39, 0.29) is 47.6 Å². The van der Waals surface area contributed by atoms with Crippen LogP contribution < -0.4 is 9.64 Å². The molecule has 3 aromatic carbocycles. The number of anilines is 1. The smallest absolute Gasteiger partial charge is 0.269 e. The van der Waals surface area contributed by atoms with Crippen molar-refractivity contribution < 1.29 is 33.9 Å². The minimum atomic E-state index is -2.08. The molecule has 6 atom stereocenters. The maximum absolute atomic E-state index is 14.1. The lowest BCUT2D eigenvalue weighted by molar-refractivity contribution is -0.384. The van der Waals surface area contributed by atoms with Crippen molar-refractivity contribution in [2.45, 2.75) is 35.1 Å². The molecule has 48 heavy (non-hydrogen) atoms. The van der Waals surface area contributed by atoms with Crippen molar-refractivity contribution in [3.8, 4) is 11.5 Å². The van der Waals surface area contributed by atoms with Crippen LogP contribution in [0.4, 0.5) is 11.4 Å². The fourth-order valence-electron chi connectivity index (χ4n) is 7.67. The van der Waals surface area contributed by atoms with Crippen LogP contribution in [0.5, 0.6) is 11.5 Å². The highest BCUT2D eigenvalue weighted by Crippen LogP contribution is 2.66. The number of phenols is 1. The van der Waals surface area contributed by atoms with Crippen molar-refractivity contribution in [2.75, 3.05) is 10.4 Å². The van der Waals surface area contributed by atoms with E-state index in [9.17, 15) is 34.4 Å². The number of alkyl halides is 3. The van der Waals surface area contributed by atoms with Crippen molar-refractivity contribution in [1.82, 2.24) is 4.90 Å². The number of nitro groups is 1. The first kappa shape index (κ1) is 32.3.